The van der Waals surface area contributed by atoms with E-state index in [2.05, 4.69) is 5.32 Å². The van der Waals surface area contributed by atoms with E-state index in [1.807, 2.05) is 0 Å². The molecule has 1 aromatic carbocycles. The van der Waals surface area contributed by atoms with Gasteiger partial charge in [0.25, 0.3) is 9.05 Å². The van der Waals surface area contributed by atoms with Crippen molar-refractivity contribution in [2.24, 2.45) is 0 Å². The SMILES string of the molecule is CCNC(=O)CCOc1cc(Cl)c(S(=O)(=O)Cl)cc1Cl. The van der Waals surface area contributed by atoms with Crippen LogP contribution in [0.5, 0.6) is 5.75 Å². The zero-order valence-corrected chi connectivity index (χ0v) is 13.5. The van der Waals surface area contributed by atoms with Crippen molar-refractivity contribution in [3.8, 4) is 5.75 Å². The molecule has 112 valence electrons. The molecule has 9 heteroatoms. The lowest BCUT2D eigenvalue weighted by Gasteiger charge is -2.10. The molecule has 0 unspecified atom stereocenters. The van der Waals surface area contributed by atoms with Crippen LogP contribution in [0.4, 0.5) is 0 Å². The summed E-state index contributed by atoms with van der Waals surface area (Å²) < 4.78 is 27.7. The van der Waals surface area contributed by atoms with E-state index in [0.717, 1.165) is 6.07 Å². The summed E-state index contributed by atoms with van der Waals surface area (Å²) in [5.74, 6) is 0.0275. The molecule has 0 atom stereocenters. The van der Waals surface area contributed by atoms with Gasteiger partial charge in [-0.25, -0.2) is 8.42 Å². The Morgan fingerprint density at radius 3 is 2.50 bits per heavy atom. The van der Waals surface area contributed by atoms with Crippen LogP contribution >= 0.6 is 33.9 Å². The van der Waals surface area contributed by atoms with E-state index >= 15 is 0 Å². The standard InChI is InChI=1S/C11H12Cl3NO4S/c1-2-15-11(16)3-4-19-9-5-8(13)10(6-7(9)12)20(14,17)18/h5-6H,2-4H2,1H3,(H,15,16). The molecule has 1 aromatic rings. The van der Waals surface area contributed by atoms with Crippen LogP contribution in [-0.2, 0) is 13.8 Å². The number of benzene rings is 1. The Labute approximate surface area is 131 Å². The van der Waals surface area contributed by atoms with Crippen LogP contribution in [0.1, 0.15) is 13.3 Å². The molecule has 0 saturated carbocycles. The van der Waals surface area contributed by atoms with E-state index in [4.69, 9.17) is 38.6 Å². The summed E-state index contributed by atoms with van der Waals surface area (Å²) in [5.41, 5.74) is 0. The van der Waals surface area contributed by atoms with Crippen LogP contribution in [0.25, 0.3) is 0 Å². The first-order chi connectivity index (χ1) is 9.25. The van der Waals surface area contributed by atoms with Crippen LogP contribution in [0.2, 0.25) is 10.0 Å². The smallest absolute Gasteiger partial charge is 0.262 e. The van der Waals surface area contributed by atoms with Crippen LogP contribution in [-0.4, -0.2) is 27.5 Å². The van der Waals surface area contributed by atoms with Gasteiger partial charge in [-0.2, -0.15) is 0 Å². The maximum atomic E-state index is 11.2. The first-order valence-electron chi connectivity index (χ1n) is 5.59. The van der Waals surface area contributed by atoms with Crippen LogP contribution in [0.3, 0.4) is 0 Å². The van der Waals surface area contributed by atoms with Gasteiger partial charge in [-0.1, -0.05) is 23.2 Å². The molecule has 0 aromatic heterocycles. The molecule has 5 nitrogen and oxygen atoms in total. The summed E-state index contributed by atoms with van der Waals surface area (Å²) >= 11 is 11.7. The molecule has 0 aliphatic rings. The molecule has 0 bridgehead atoms. The Morgan fingerprint density at radius 2 is 1.95 bits per heavy atom. The third-order valence-corrected chi connectivity index (χ3v) is 4.29. The minimum Gasteiger partial charge on any atom is -0.491 e. The normalized spacial score (nSPS) is 11.2. The topological polar surface area (TPSA) is 72.5 Å². The molecule has 0 saturated heterocycles. The van der Waals surface area contributed by atoms with Crippen molar-refractivity contribution in [2.75, 3.05) is 13.2 Å². The predicted molar refractivity (Wildman–Crippen MR) is 78.3 cm³/mol. The molecule has 0 heterocycles. The van der Waals surface area contributed by atoms with Crippen LogP contribution in [0, 0.1) is 0 Å². The maximum absolute atomic E-state index is 11.2. The molecule has 0 aliphatic carbocycles. The molecule has 1 N–H and O–H groups in total. The largest absolute Gasteiger partial charge is 0.491 e. The highest BCUT2D eigenvalue weighted by atomic mass is 35.7. The third-order valence-electron chi connectivity index (χ3n) is 2.21. The van der Waals surface area contributed by atoms with E-state index < -0.39 is 9.05 Å². The molecule has 0 aliphatic heterocycles. The first kappa shape index (κ1) is 17.4. The number of carbonyl (C=O) groups is 1. The minimum absolute atomic E-state index is 0.0459. The van der Waals surface area contributed by atoms with E-state index in [0.29, 0.717) is 6.54 Å². The van der Waals surface area contributed by atoms with Gasteiger partial charge in [-0.15, -0.1) is 0 Å². The molecule has 1 amide bonds. The van der Waals surface area contributed by atoms with Gasteiger partial charge >= 0.3 is 0 Å². The fourth-order valence-electron chi connectivity index (χ4n) is 1.35. The van der Waals surface area contributed by atoms with Gasteiger partial charge in [-0.05, 0) is 13.0 Å². The summed E-state index contributed by atoms with van der Waals surface area (Å²) in [7, 11) is 1.23. The molecule has 20 heavy (non-hydrogen) atoms. The van der Waals surface area contributed by atoms with Crippen molar-refractivity contribution in [3.05, 3.63) is 22.2 Å². The summed E-state index contributed by atoms with van der Waals surface area (Å²) in [6, 6.07) is 2.35. The molecular formula is C11H12Cl3NO4S. The summed E-state index contributed by atoms with van der Waals surface area (Å²) in [5, 5.41) is 2.56. The summed E-state index contributed by atoms with van der Waals surface area (Å²) in [4.78, 5) is 10.9. The van der Waals surface area contributed by atoms with E-state index in [1.54, 1.807) is 6.92 Å². The van der Waals surface area contributed by atoms with Crippen molar-refractivity contribution in [1.29, 1.82) is 0 Å². The minimum atomic E-state index is -3.98. The first-order valence-corrected chi connectivity index (χ1v) is 8.65. The fraction of sp³-hybridized carbons (Fsp3) is 0.364. The van der Waals surface area contributed by atoms with Crippen molar-refractivity contribution in [1.82, 2.24) is 5.32 Å². The van der Waals surface area contributed by atoms with Crippen LogP contribution in [0.15, 0.2) is 17.0 Å². The van der Waals surface area contributed by atoms with E-state index in [1.165, 1.54) is 6.07 Å². The van der Waals surface area contributed by atoms with Gasteiger partial charge < -0.3 is 10.1 Å². The molecule has 0 spiro atoms. The number of nitrogens with one attached hydrogen (secondary N) is 1. The van der Waals surface area contributed by atoms with Gasteiger partial charge in [0.1, 0.15) is 10.6 Å². The zero-order valence-electron chi connectivity index (χ0n) is 10.5. The number of amides is 1. The second-order valence-corrected chi connectivity index (χ2v) is 7.05. The number of ether oxygens (including phenoxy) is 1. The number of carbonyl (C=O) groups excluding carboxylic acids is 1. The third kappa shape index (κ3) is 5.01. The van der Waals surface area contributed by atoms with Gasteiger partial charge in [0.05, 0.1) is 23.1 Å². The molecular weight excluding hydrogens is 349 g/mol. The summed E-state index contributed by atoms with van der Waals surface area (Å²) in [6.45, 7) is 2.43. The molecule has 0 fully saturated rings. The predicted octanol–water partition coefficient (Wildman–Crippen LogP) is 2.83. The quantitative estimate of drug-likeness (QED) is 0.792. The highest BCUT2D eigenvalue weighted by molar-refractivity contribution is 8.13. The number of hydrogen-bond acceptors (Lipinski definition) is 4. The Bertz CT molecular complexity index is 604. The average molecular weight is 361 g/mol. The highest BCUT2D eigenvalue weighted by Crippen LogP contribution is 2.34. The molecule has 1 rings (SSSR count). The number of rotatable bonds is 6. The second-order valence-electron chi connectivity index (χ2n) is 3.70. The lowest BCUT2D eigenvalue weighted by Crippen LogP contribution is -2.24. The van der Waals surface area contributed by atoms with Gasteiger partial charge in [0, 0.05) is 23.3 Å². The second kappa shape index (κ2) is 7.36. The maximum Gasteiger partial charge on any atom is 0.262 e. The number of hydrogen-bond donors (Lipinski definition) is 1. The monoisotopic (exact) mass is 359 g/mol. The Kier molecular flexibility index (Phi) is 6.39. The fourth-order valence-corrected chi connectivity index (χ4v) is 3.14. The van der Waals surface area contributed by atoms with Crippen molar-refractivity contribution >= 4 is 48.8 Å². The van der Waals surface area contributed by atoms with Gasteiger partial charge in [0.15, 0.2) is 0 Å². The van der Waals surface area contributed by atoms with Gasteiger partial charge in [0.2, 0.25) is 5.91 Å². The van der Waals surface area contributed by atoms with E-state index in [-0.39, 0.29) is 39.6 Å². The Morgan fingerprint density at radius 1 is 1.30 bits per heavy atom. The summed E-state index contributed by atoms with van der Waals surface area (Å²) in [6.07, 6.45) is 0.150. The van der Waals surface area contributed by atoms with Crippen LogP contribution < -0.4 is 10.1 Å². The van der Waals surface area contributed by atoms with Gasteiger partial charge in [-0.3, -0.25) is 4.79 Å². The highest BCUT2D eigenvalue weighted by Gasteiger charge is 2.18. The van der Waals surface area contributed by atoms with Crippen molar-refractivity contribution in [2.45, 2.75) is 18.2 Å². The van der Waals surface area contributed by atoms with Crippen molar-refractivity contribution < 1.29 is 17.9 Å². The van der Waals surface area contributed by atoms with E-state index in [9.17, 15) is 13.2 Å². The Hall–Kier alpha value is -0.690. The Balaban J connectivity index is 2.79. The molecule has 0 radical (unpaired) electrons. The van der Waals surface area contributed by atoms with Crippen molar-refractivity contribution in [3.63, 3.8) is 0 Å². The lowest BCUT2D eigenvalue weighted by molar-refractivity contribution is -0.121. The average Bonchev–Trinajstić information content (AvgIpc) is 2.32. The lowest BCUT2D eigenvalue weighted by atomic mass is 10.3. The zero-order chi connectivity index (χ0) is 15.3. The number of halogens is 3.